The molecule has 0 aromatic carbocycles. The number of nitrogens with zero attached hydrogens (tertiary/aromatic N) is 3. The lowest BCUT2D eigenvalue weighted by Crippen LogP contribution is -2.55. The van der Waals surface area contributed by atoms with Crippen LogP contribution >= 0.6 is 24.0 Å². The van der Waals surface area contributed by atoms with E-state index in [4.69, 9.17) is 4.74 Å². The van der Waals surface area contributed by atoms with Gasteiger partial charge in [0.2, 0.25) is 0 Å². The van der Waals surface area contributed by atoms with Crippen molar-refractivity contribution in [3.63, 3.8) is 0 Å². The number of piperidine rings is 2. The van der Waals surface area contributed by atoms with Crippen LogP contribution in [-0.2, 0) is 4.74 Å². The summed E-state index contributed by atoms with van der Waals surface area (Å²) in [4.78, 5) is 21.0. The zero-order valence-corrected chi connectivity index (χ0v) is 22.3. The van der Waals surface area contributed by atoms with Crippen molar-refractivity contribution in [2.45, 2.75) is 77.9 Å². The van der Waals surface area contributed by atoms with Crippen molar-refractivity contribution in [1.82, 2.24) is 20.4 Å². The normalized spacial score (nSPS) is 19.8. The number of guanidine groups is 1. The fraction of sp³-hybridized carbons (Fsp3) is 0.909. The number of aliphatic imine (C=N–C) groups is 1. The predicted molar refractivity (Wildman–Crippen MR) is 135 cm³/mol. The van der Waals surface area contributed by atoms with Gasteiger partial charge in [-0.25, -0.2) is 4.79 Å². The molecule has 2 aliphatic heterocycles. The average molecular weight is 538 g/mol. The molecule has 0 bridgehead atoms. The molecule has 1 amide bonds. The number of ether oxygens (including phenoxy) is 1. The van der Waals surface area contributed by atoms with Crippen molar-refractivity contribution in [3.8, 4) is 0 Å². The van der Waals surface area contributed by atoms with Crippen LogP contribution in [0.1, 0.15) is 66.7 Å². The standard InChI is InChI=1S/C22H43N5O2.HI/c1-21(2,3)29-20(28)26-14-10-18(11-15-26)16-24-19(23-6)25-17-22(4,5)27-12-8-7-9-13-27;/h18H,7-17H2,1-6H3,(H2,23,24,25);1H. The monoisotopic (exact) mass is 537 g/mol. The second-order valence-corrected chi connectivity index (χ2v) is 10.1. The first-order valence-electron chi connectivity index (χ1n) is 11.3. The summed E-state index contributed by atoms with van der Waals surface area (Å²) in [6.45, 7) is 16.0. The highest BCUT2D eigenvalue weighted by atomic mass is 127. The quantitative estimate of drug-likeness (QED) is 0.318. The van der Waals surface area contributed by atoms with Crippen molar-refractivity contribution < 1.29 is 9.53 Å². The second-order valence-electron chi connectivity index (χ2n) is 10.1. The molecule has 0 aromatic rings. The van der Waals surface area contributed by atoms with Crippen molar-refractivity contribution in [2.75, 3.05) is 46.3 Å². The van der Waals surface area contributed by atoms with Crippen LogP contribution in [0.3, 0.4) is 0 Å². The summed E-state index contributed by atoms with van der Waals surface area (Å²) < 4.78 is 5.48. The van der Waals surface area contributed by atoms with E-state index in [1.807, 2.05) is 32.7 Å². The molecule has 2 fully saturated rings. The van der Waals surface area contributed by atoms with E-state index >= 15 is 0 Å². The zero-order valence-electron chi connectivity index (χ0n) is 19.9. The molecule has 30 heavy (non-hydrogen) atoms. The van der Waals surface area contributed by atoms with Crippen LogP contribution < -0.4 is 10.6 Å². The highest BCUT2D eigenvalue weighted by Crippen LogP contribution is 2.20. The smallest absolute Gasteiger partial charge is 0.410 e. The Morgan fingerprint density at radius 2 is 1.60 bits per heavy atom. The molecule has 0 radical (unpaired) electrons. The molecule has 8 heteroatoms. The maximum Gasteiger partial charge on any atom is 0.410 e. The van der Waals surface area contributed by atoms with Crippen LogP contribution in [0.5, 0.6) is 0 Å². The van der Waals surface area contributed by atoms with Crippen molar-refractivity contribution in [2.24, 2.45) is 10.9 Å². The van der Waals surface area contributed by atoms with Gasteiger partial charge in [0, 0.05) is 38.8 Å². The van der Waals surface area contributed by atoms with Gasteiger partial charge in [0.05, 0.1) is 0 Å². The van der Waals surface area contributed by atoms with Gasteiger partial charge >= 0.3 is 6.09 Å². The molecule has 7 nitrogen and oxygen atoms in total. The Morgan fingerprint density at radius 3 is 2.13 bits per heavy atom. The number of amides is 1. The van der Waals surface area contributed by atoms with Gasteiger partial charge in [-0.3, -0.25) is 9.89 Å². The molecule has 0 atom stereocenters. The Bertz CT molecular complexity index is 548. The van der Waals surface area contributed by atoms with E-state index in [1.54, 1.807) is 0 Å². The third kappa shape index (κ3) is 9.16. The highest BCUT2D eigenvalue weighted by Gasteiger charge is 2.29. The Labute approximate surface area is 200 Å². The van der Waals surface area contributed by atoms with Gasteiger partial charge in [0.1, 0.15) is 5.60 Å². The van der Waals surface area contributed by atoms with E-state index in [1.165, 1.54) is 32.4 Å². The Balaban J connectivity index is 0.00000450. The number of hydrogen-bond acceptors (Lipinski definition) is 4. The maximum atomic E-state index is 12.2. The number of likely N-dealkylation sites (tertiary alicyclic amines) is 2. The molecule has 2 N–H and O–H groups in total. The molecule has 0 aliphatic carbocycles. The summed E-state index contributed by atoms with van der Waals surface area (Å²) in [5.74, 6) is 1.41. The lowest BCUT2D eigenvalue weighted by molar-refractivity contribution is 0.0185. The van der Waals surface area contributed by atoms with Gasteiger partial charge in [0.25, 0.3) is 0 Å². The first-order valence-corrected chi connectivity index (χ1v) is 11.3. The van der Waals surface area contributed by atoms with Crippen LogP contribution in [0.15, 0.2) is 4.99 Å². The number of carbonyl (C=O) groups is 1. The number of halogens is 1. The van der Waals surface area contributed by atoms with E-state index in [-0.39, 0.29) is 35.6 Å². The van der Waals surface area contributed by atoms with Gasteiger partial charge < -0.3 is 20.3 Å². The minimum absolute atomic E-state index is 0. The lowest BCUT2D eigenvalue weighted by Gasteiger charge is -2.41. The van der Waals surface area contributed by atoms with Gasteiger partial charge in [-0.1, -0.05) is 6.42 Å². The van der Waals surface area contributed by atoms with Crippen LogP contribution in [-0.4, -0.2) is 79.3 Å². The average Bonchev–Trinajstić information content (AvgIpc) is 2.68. The fourth-order valence-electron chi connectivity index (χ4n) is 4.02. The topological polar surface area (TPSA) is 69.2 Å². The van der Waals surface area contributed by atoms with Gasteiger partial charge in [-0.2, -0.15) is 0 Å². The summed E-state index contributed by atoms with van der Waals surface area (Å²) in [7, 11) is 1.83. The van der Waals surface area contributed by atoms with Crippen molar-refractivity contribution >= 4 is 36.0 Å². The van der Waals surface area contributed by atoms with Crippen LogP contribution in [0.25, 0.3) is 0 Å². The SMILES string of the molecule is CN=C(NCC1CCN(C(=O)OC(C)(C)C)CC1)NCC(C)(C)N1CCCCC1.I. The molecule has 176 valence electrons. The number of hydrogen-bond donors (Lipinski definition) is 2. The zero-order chi connectivity index (χ0) is 21.5. The van der Waals surface area contributed by atoms with E-state index in [0.717, 1.165) is 45.0 Å². The van der Waals surface area contributed by atoms with Gasteiger partial charge in [-0.05, 0) is 79.3 Å². The van der Waals surface area contributed by atoms with Crippen LogP contribution in [0.2, 0.25) is 0 Å². The number of nitrogens with one attached hydrogen (secondary N) is 2. The molecule has 0 spiro atoms. The fourth-order valence-corrected chi connectivity index (χ4v) is 4.02. The third-order valence-electron chi connectivity index (χ3n) is 5.95. The molecular weight excluding hydrogens is 493 g/mol. The summed E-state index contributed by atoms with van der Waals surface area (Å²) in [5, 5.41) is 6.99. The maximum absolute atomic E-state index is 12.2. The molecular formula is C22H44IN5O2. The Morgan fingerprint density at radius 1 is 1.00 bits per heavy atom. The van der Waals surface area contributed by atoms with Crippen molar-refractivity contribution in [3.05, 3.63) is 0 Å². The molecule has 0 saturated carbocycles. The third-order valence-corrected chi connectivity index (χ3v) is 5.95. The van der Waals surface area contributed by atoms with Gasteiger partial charge in [-0.15, -0.1) is 24.0 Å². The van der Waals surface area contributed by atoms with Gasteiger partial charge in [0.15, 0.2) is 5.96 Å². The van der Waals surface area contributed by atoms with E-state index in [0.29, 0.717) is 5.92 Å². The molecule has 2 heterocycles. The minimum atomic E-state index is -0.435. The summed E-state index contributed by atoms with van der Waals surface area (Å²) in [6.07, 6.45) is 5.75. The molecule has 2 rings (SSSR count). The van der Waals surface area contributed by atoms with E-state index < -0.39 is 5.60 Å². The summed E-state index contributed by atoms with van der Waals surface area (Å²) in [5.41, 5.74) is -0.313. The molecule has 2 saturated heterocycles. The number of rotatable bonds is 5. The number of carbonyl (C=O) groups excluding carboxylic acids is 1. The largest absolute Gasteiger partial charge is 0.444 e. The summed E-state index contributed by atoms with van der Waals surface area (Å²) >= 11 is 0. The minimum Gasteiger partial charge on any atom is -0.444 e. The van der Waals surface area contributed by atoms with Crippen molar-refractivity contribution in [1.29, 1.82) is 0 Å². The molecule has 2 aliphatic rings. The van der Waals surface area contributed by atoms with E-state index in [9.17, 15) is 4.79 Å². The Hall–Kier alpha value is -0.770. The van der Waals surface area contributed by atoms with E-state index in [2.05, 4.69) is 34.4 Å². The first kappa shape index (κ1) is 27.3. The van der Waals surface area contributed by atoms with Crippen LogP contribution in [0.4, 0.5) is 4.79 Å². The predicted octanol–water partition coefficient (Wildman–Crippen LogP) is 3.68. The lowest BCUT2D eigenvalue weighted by atomic mass is 9.97. The Kier molecular flexibility index (Phi) is 11.2. The molecule has 0 aromatic heterocycles. The summed E-state index contributed by atoms with van der Waals surface area (Å²) in [6, 6.07) is 0. The second kappa shape index (κ2) is 12.3. The first-order chi connectivity index (χ1) is 13.6. The van der Waals surface area contributed by atoms with Crippen LogP contribution in [0, 0.1) is 5.92 Å². The highest BCUT2D eigenvalue weighted by molar-refractivity contribution is 14.0. The molecule has 0 unspecified atom stereocenters.